The third-order valence-electron chi connectivity index (χ3n) is 2.66. The number of amides is 1. The Morgan fingerprint density at radius 1 is 1.59 bits per heavy atom. The van der Waals surface area contributed by atoms with Crippen LogP contribution in [0.25, 0.3) is 0 Å². The van der Waals surface area contributed by atoms with Crippen LogP contribution in [0.3, 0.4) is 0 Å². The first-order valence-corrected chi connectivity index (χ1v) is 6.02. The minimum absolute atomic E-state index is 0.0242. The van der Waals surface area contributed by atoms with Crippen molar-refractivity contribution in [3.8, 4) is 0 Å². The van der Waals surface area contributed by atoms with Gasteiger partial charge in [0.1, 0.15) is 0 Å². The summed E-state index contributed by atoms with van der Waals surface area (Å²) in [5.74, 6) is 0.0924. The van der Waals surface area contributed by atoms with Gasteiger partial charge in [-0.1, -0.05) is 19.4 Å². The Hall–Kier alpha value is -1.42. The second-order valence-electron chi connectivity index (χ2n) is 4.36. The van der Waals surface area contributed by atoms with Crippen molar-refractivity contribution < 1.29 is 4.79 Å². The molecule has 0 spiro atoms. The van der Waals surface area contributed by atoms with Crippen molar-refractivity contribution in [2.24, 2.45) is 5.73 Å². The average Bonchev–Trinajstić information content (AvgIpc) is 2.30. The van der Waals surface area contributed by atoms with E-state index >= 15 is 0 Å². The summed E-state index contributed by atoms with van der Waals surface area (Å²) < 4.78 is 0. The number of hydrogen-bond donors (Lipinski definition) is 1. The lowest BCUT2D eigenvalue weighted by molar-refractivity contribution is -0.130. The maximum Gasteiger partial charge on any atom is 0.224 e. The van der Waals surface area contributed by atoms with Crippen LogP contribution in [0, 0.1) is 0 Å². The van der Waals surface area contributed by atoms with Gasteiger partial charge in [0.05, 0.1) is 0 Å². The highest BCUT2D eigenvalue weighted by atomic mass is 16.2. The number of carbonyl (C=O) groups is 1. The minimum atomic E-state index is -0.0242. The van der Waals surface area contributed by atoms with Crippen molar-refractivity contribution in [1.82, 2.24) is 9.88 Å². The smallest absolute Gasteiger partial charge is 0.224 e. The number of aromatic nitrogens is 1. The molecular formula is C13H21N3O. The summed E-state index contributed by atoms with van der Waals surface area (Å²) in [6.45, 7) is 2.66. The van der Waals surface area contributed by atoms with Crippen LogP contribution in [0.2, 0.25) is 0 Å². The molecule has 94 valence electrons. The third kappa shape index (κ3) is 4.95. The number of pyridine rings is 1. The predicted octanol–water partition coefficient (Wildman–Crippen LogP) is 1.56. The highest BCUT2D eigenvalue weighted by Gasteiger charge is 2.13. The molecule has 1 rings (SSSR count). The van der Waals surface area contributed by atoms with Crippen molar-refractivity contribution in [3.63, 3.8) is 0 Å². The number of rotatable bonds is 6. The molecule has 0 radical (unpaired) electrons. The fraction of sp³-hybridized carbons (Fsp3) is 0.538. The van der Waals surface area contributed by atoms with Crippen LogP contribution in [-0.2, 0) is 11.3 Å². The maximum atomic E-state index is 11.9. The van der Waals surface area contributed by atoms with Crippen LogP contribution in [0.1, 0.15) is 31.7 Å². The summed E-state index contributed by atoms with van der Waals surface area (Å²) in [4.78, 5) is 17.6. The molecule has 0 saturated carbocycles. The fourth-order valence-electron chi connectivity index (χ4n) is 1.71. The molecule has 0 bridgehead atoms. The van der Waals surface area contributed by atoms with Crippen molar-refractivity contribution >= 4 is 5.91 Å². The zero-order valence-corrected chi connectivity index (χ0v) is 10.6. The van der Waals surface area contributed by atoms with Crippen LogP contribution < -0.4 is 5.73 Å². The van der Waals surface area contributed by atoms with Crippen molar-refractivity contribution in [2.45, 2.75) is 38.8 Å². The molecule has 0 aromatic carbocycles. The van der Waals surface area contributed by atoms with Gasteiger partial charge in [0.15, 0.2) is 0 Å². The molecule has 1 amide bonds. The number of hydrogen-bond acceptors (Lipinski definition) is 3. The summed E-state index contributed by atoms with van der Waals surface area (Å²) in [6.07, 6.45) is 5.83. The molecule has 17 heavy (non-hydrogen) atoms. The van der Waals surface area contributed by atoms with E-state index in [0.717, 1.165) is 18.4 Å². The average molecular weight is 235 g/mol. The van der Waals surface area contributed by atoms with E-state index in [1.807, 2.05) is 12.1 Å². The minimum Gasteiger partial charge on any atom is -0.341 e. The van der Waals surface area contributed by atoms with Crippen LogP contribution in [0.15, 0.2) is 24.5 Å². The molecule has 0 fully saturated rings. The van der Waals surface area contributed by atoms with E-state index in [1.54, 1.807) is 24.3 Å². The zero-order valence-electron chi connectivity index (χ0n) is 10.6. The molecule has 0 aliphatic heterocycles. The van der Waals surface area contributed by atoms with Gasteiger partial charge < -0.3 is 10.6 Å². The predicted molar refractivity (Wildman–Crippen MR) is 68.2 cm³/mol. The van der Waals surface area contributed by atoms with Crippen molar-refractivity contribution in [1.29, 1.82) is 0 Å². The van der Waals surface area contributed by atoms with Gasteiger partial charge in [-0.15, -0.1) is 0 Å². The van der Waals surface area contributed by atoms with Crippen molar-refractivity contribution in [2.75, 3.05) is 7.05 Å². The Labute approximate surface area is 103 Å². The summed E-state index contributed by atoms with van der Waals surface area (Å²) in [5.41, 5.74) is 6.89. The van der Waals surface area contributed by atoms with Gasteiger partial charge in [-0.3, -0.25) is 9.78 Å². The molecule has 1 atom stereocenters. The lowest BCUT2D eigenvalue weighted by Crippen LogP contribution is -2.32. The molecule has 1 unspecified atom stereocenters. The van der Waals surface area contributed by atoms with Gasteiger partial charge in [0.2, 0.25) is 5.91 Å². The van der Waals surface area contributed by atoms with E-state index in [2.05, 4.69) is 11.9 Å². The first kappa shape index (κ1) is 13.6. The topological polar surface area (TPSA) is 59.2 Å². The van der Waals surface area contributed by atoms with Gasteiger partial charge >= 0.3 is 0 Å². The third-order valence-corrected chi connectivity index (χ3v) is 2.66. The molecule has 2 N–H and O–H groups in total. The summed E-state index contributed by atoms with van der Waals surface area (Å²) >= 11 is 0. The fourth-order valence-corrected chi connectivity index (χ4v) is 1.71. The molecule has 4 nitrogen and oxygen atoms in total. The molecule has 0 aliphatic carbocycles. The van der Waals surface area contributed by atoms with Gasteiger partial charge in [-0.25, -0.2) is 0 Å². The quantitative estimate of drug-likeness (QED) is 0.814. The normalized spacial score (nSPS) is 12.2. The SMILES string of the molecule is CCCC(N)CC(=O)N(C)Cc1cccnc1. The van der Waals surface area contributed by atoms with E-state index in [9.17, 15) is 4.79 Å². The van der Waals surface area contributed by atoms with Crippen LogP contribution in [0.4, 0.5) is 0 Å². The number of nitrogens with zero attached hydrogens (tertiary/aromatic N) is 2. The number of carbonyl (C=O) groups excluding carboxylic acids is 1. The van der Waals surface area contributed by atoms with E-state index in [0.29, 0.717) is 13.0 Å². The standard InChI is InChI=1S/C13H21N3O/c1-3-5-12(14)8-13(17)16(2)10-11-6-4-7-15-9-11/h4,6-7,9,12H,3,5,8,10,14H2,1-2H3. The monoisotopic (exact) mass is 235 g/mol. The van der Waals surface area contributed by atoms with Gasteiger partial charge in [0, 0.05) is 38.4 Å². The Kier molecular flexibility index (Phi) is 5.63. The van der Waals surface area contributed by atoms with Crippen LogP contribution in [0.5, 0.6) is 0 Å². The molecular weight excluding hydrogens is 214 g/mol. The summed E-state index contributed by atoms with van der Waals surface area (Å²) in [6, 6.07) is 3.81. The maximum absolute atomic E-state index is 11.9. The highest BCUT2D eigenvalue weighted by Crippen LogP contribution is 2.05. The molecule has 0 aliphatic rings. The van der Waals surface area contributed by atoms with Gasteiger partial charge in [-0.2, -0.15) is 0 Å². The Morgan fingerprint density at radius 3 is 2.94 bits per heavy atom. The summed E-state index contributed by atoms with van der Waals surface area (Å²) in [7, 11) is 1.80. The van der Waals surface area contributed by atoms with E-state index < -0.39 is 0 Å². The number of nitrogens with two attached hydrogens (primary N) is 1. The highest BCUT2D eigenvalue weighted by molar-refractivity contribution is 5.76. The Morgan fingerprint density at radius 2 is 2.35 bits per heavy atom. The second-order valence-corrected chi connectivity index (χ2v) is 4.36. The molecule has 0 saturated heterocycles. The van der Waals surface area contributed by atoms with Crippen LogP contribution in [-0.4, -0.2) is 28.9 Å². The lowest BCUT2D eigenvalue weighted by atomic mass is 10.1. The molecule has 4 heteroatoms. The van der Waals surface area contributed by atoms with Crippen molar-refractivity contribution in [3.05, 3.63) is 30.1 Å². The van der Waals surface area contributed by atoms with Gasteiger partial charge in [-0.05, 0) is 18.1 Å². The Balaban J connectivity index is 2.42. The molecule has 1 aromatic heterocycles. The second kappa shape index (κ2) is 7.01. The first-order valence-electron chi connectivity index (χ1n) is 6.02. The zero-order chi connectivity index (χ0) is 12.7. The molecule has 1 heterocycles. The Bertz CT molecular complexity index is 340. The van der Waals surface area contributed by atoms with Gasteiger partial charge in [0.25, 0.3) is 0 Å². The largest absolute Gasteiger partial charge is 0.341 e. The first-order chi connectivity index (χ1) is 8.13. The van der Waals surface area contributed by atoms with E-state index in [1.165, 1.54) is 0 Å². The van der Waals surface area contributed by atoms with E-state index in [4.69, 9.17) is 5.73 Å². The van der Waals surface area contributed by atoms with E-state index in [-0.39, 0.29) is 11.9 Å². The summed E-state index contributed by atoms with van der Waals surface area (Å²) in [5, 5.41) is 0. The lowest BCUT2D eigenvalue weighted by Gasteiger charge is -2.19. The van der Waals surface area contributed by atoms with Crippen LogP contribution >= 0.6 is 0 Å². The molecule has 1 aromatic rings.